The van der Waals surface area contributed by atoms with Gasteiger partial charge in [0.25, 0.3) is 0 Å². The third-order valence-electron chi connectivity index (χ3n) is 2.09. The molecule has 0 spiro atoms. The van der Waals surface area contributed by atoms with E-state index in [4.69, 9.17) is 9.47 Å². The second kappa shape index (κ2) is 2.19. The lowest BCUT2D eigenvalue weighted by atomic mass is 9.97. The molecule has 58 valence electrons. The summed E-state index contributed by atoms with van der Waals surface area (Å²) in [6.07, 6.45) is 1.84. The van der Waals surface area contributed by atoms with Gasteiger partial charge in [0.15, 0.2) is 0 Å². The Labute approximate surface area is 59.9 Å². The number of hydrogen-bond acceptors (Lipinski definition) is 3. The van der Waals surface area contributed by atoms with Crippen LogP contribution in [-0.2, 0) is 9.47 Å². The minimum Gasteiger partial charge on any atom is -0.387 e. The molecule has 2 unspecified atom stereocenters. The number of rotatable bonds is 2. The summed E-state index contributed by atoms with van der Waals surface area (Å²) in [5, 5.41) is 9.70. The maximum Gasteiger partial charge on any atom is 0.0927 e. The first-order chi connectivity index (χ1) is 4.79. The fourth-order valence-electron chi connectivity index (χ4n) is 1.37. The molecule has 2 aliphatic heterocycles. The average Bonchev–Trinajstić information content (AvgIpc) is 2.56. The predicted molar refractivity (Wildman–Crippen MR) is 34.7 cm³/mol. The van der Waals surface area contributed by atoms with Crippen molar-refractivity contribution in [3.63, 3.8) is 0 Å². The van der Waals surface area contributed by atoms with E-state index in [1.165, 1.54) is 0 Å². The van der Waals surface area contributed by atoms with E-state index in [0.717, 1.165) is 19.4 Å². The molecule has 0 bridgehead atoms. The molecule has 1 N–H and O–H groups in total. The van der Waals surface area contributed by atoms with Crippen LogP contribution in [0.1, 0.15) is 12.8 Å². The Morgan fingerprint density at radius 1 is 1.60 bits per heavy atom. The summed E-state index contributed by atoms with van der Waals surface area (Å²) in [6.45, 7) is 2.01. The minimum atomic E-state index is -0.568. The fourth-order valence-corrected chi connectivity index (χ4v) is 1.37. The van der Waals surface area contributed by atoms with E-state index in [-0.39, 0.29) is 0 Å². The van der Waals surface area contributed by atoms with Crippen molar-refractivity contribution in [1.29, 1.82) is 0 Å². The molecular formula is C7H12O3. The summed E-state index contributed by atoms with van der Waals surface area (Å²) in [5.41, 5.74) is -0.568. The molecule has 2 heterocycles. The Morgan fingerprint density at radius 3 is 2.90 bits per heavy atom. The van der Waals surface area contributed by atoms with Gasteiger partial charge in [-0.2, -0.15) is 0 Å². The minimum absolute atomic E-state index is 0.312. The zero-order chi connectivity index (χ0) is 7.03. The van der Waals surface area contributed by atoms with Crippen LogP contribution in [-0.4, -0.2) is 36.6 Å². The van der Waals surface area contributed by atoms with Crippen LogP contribution in [0.4, 0.5) is 0 Å². The van der Waals surface area contributed by atoms with Gasteiger partial charge in [-0.1, -0.05) is 0 Å². The van der Waals surface area contributed by atoms with Crippen molar-refractivity contribution >= 4 is 0 Å². The van der Waals surface area contributed by atoms with Crippen LogP contribution in [0.2, 0.25) is 0 Å². The number of epoxide rings is 1. The molecule has 0 aromatic rings. The second-order valence-corrected chi connectivity index (χ2v) is 3.19. The van der Waals surface area contributed by atoms with E-state index in [0.29, 0.717) is 19.3 Å². The first kappa shape index (κ1) is 6.58. The van der Waals surface area contributed by atoms with Crippen LogP contribution in [0.15, 0.2) is 0 Å². The van der Waals surface area contributed by atoms with Crippen LogP contribution in [0.3, 0.4) is 0 Å². The van der Waals surface area contributed by atoms with E-state index in [1.807, 2.05) is 0 Å². The van der Waals surface area contributed by atoms with E-state index in [9.17, 15) is 5.11 Å². The topological polar surface area (TPSA) is 42.0 Å². The average molecular weight is 144 g/mol. The van der Waals surface area contributed by atoms with Gasteiger partial charge in [-0.25, -0.2) is 0 Å². The molecule has 0 aliphatic carbocycles. The van der Waals surface area contributed by atoms with Crippen LogP contribution in [0.25, 0.3) is 0 Å². The maximum atomic E-state index is 9.70. The number of ether oxygens (including phenoxy) is 2. The Kier molecular flexibility index (Phi) is 1.44. The third-order valence-corrected chi connectivity index (χ3v) is 2.09. The molecular weight excluding hydrogens is 132 g/mol. The van der Waals surface area contributed by atoms with Crippen molar-refractivity contribution in [1.82, 2.24) is 0 Å². The Bertz CT molecular complexity index is 125. The first-order valence-corrected chi connectivity index (χ1v) is 3.70. The zero-order valence-corrected chi connectivity index (χ0v) is 5.88. The van der Waals surface area contributed by atoms with Gasteiger partial charge in [0.1, 0.15) is 0 Å². The maximum absolute atomic E-state index is 9.70. The quantitative estimate of drug-likeness (QED) is 0.551. The van der Waals surface area contributed by atoms with Crippen molar-refractivity contribution in [3.8, 4) is 0 Å². The molecule has 3 nitrogen and oxygen atoms in total. The van der Waals surface area contributed by atoms with Crippen molar-refractivity contribution in [2.75, 3.05) is 19.8 Å². The molecule has 2 saturated heterocycles. The lowest BCUT2D eigenvalue weighted by Crippen LogP contribution is -2.30. The van der Waals surface area contributed by atoms with Gasteiger partial charge in [0.05, 0.1) is 24.9 Å². The van der Waals surface area contributed by atoms with Crippen LogP contribution < -0.4 is 0 Å². The summed E-state index contributed by atoms with van der Waals surface area (Å²) in [7, 11) is 0. The molecule has 2 atom stereocenters. The third kappa shape index (κ3) is 1.31. The first-order valence-electron chi connectivity index (χ1n) is 3.70. The Hall–Kier alpha value is -0.120. The SMILES string of the molecule is OC1(CC2CO2)CCOC1. The number of aliphatic hydroxyl groups is 1. The van der Waals surface area contributed by atoms with Gasteiger partial charge in [0.2, 0.25) is 0 Å². The molecule has 0 saturated carbocycles. The molecule has 0 amide bonds. The standard InChI is InChI=1S/C7H12O3/c8-7(1-2-9-5-7)3-6-4-10-6/h6,8H,1-5H2. The largest absolute Gasteiger partial charge is 0.387 e. The van der Waals surface area contributed by atoms with Gasteiger partial charge in [-0.3, -0.25) is 0 Å². The van der Waals surface area contributed by atoms with E-state index >= 15 is 0 Å². The van der Waals surface area contributed by atoms with Crippen molar-refractivity contribution in [3.05, 3.63) is 0 Å². The highest BCUT2D eigenvalue weighted by Crippen LogP contribution is 2.28. The van der Waals surface area contributed by atoms with Crippen LogP contribution in [0.5, 0.6) is 0 Å². The summed E-state index contributed by atoms with van der Waals surface area (Å²) >= 11 is 0. The summed E-state index contributed by atoms with van der Waals surface area (Å²) in [5.74, 6) is 0. The lowest BCUT2D eigenvalue weighted by molar-refractivity contribution is 0.0133. The normalized spacial score (nSPS) is 45.9. The molecule has 3 heteroatoms. The molecule has 2 fully saturated rings. The molecule has 0 radical (unpaired) electrons. The molecule has 0 aromatic heterocycles. The van der Waals surface area contributed by atoms with Gasteiger partial charge in [-0.05, 0) is 0 Å². The highest BCUT2D eigenvalue weighted by Gasteiger charge is 2.39. The second-order valence-electron chi connectivity index (χ2n) is 3.19. The van der Waals surface area contributed by atoms with Crippen LogP contribution >= 0.6 is 0 Å². The van der Waals surface area contributed by atoms with Crippen molar-refractivity contribution < 1.29 is 14.6 Å². The van der Waals surface area contributed by atoms with Crippen LogP contribution in [0, 0.1) is 0 Å². The molecule has 2 rings (SSSR count). The highest BCUT2D eigenvalue weighted by molar-refractivity contribution is 4.88. The van der Waals surface area contributed by atoms with Gasteiger partial charge < -0.3 is 14.6 Å². The Balaban J connectivity index is 1.86. The van der Waals surface area contributed by atoms with Gasteiger partial charge in [0, 0.05) is 19.4 Å². The predicted octanol–water partition coefficient (Wildman–Crippen LogP) is -0.0733. The van der Waals surface area contributed by atoms with E-state index < -0.39 is 5.60 Å². The van der Waals surface area contributed by atoms with Gasteiger partial charge >= 0.3 is 0 Å². The molecule has 0 aromatic carbocycles. The monoisotopic (exact) mass is 144 g/mol. The smallest absolute Gasteiger partial charge is 0.0927 e. The summed E-state index contributed by atoms with van der Waals surface area (Å²) in [4.78, 5) is 0. The van der Waals surface area contributed by atoms with Crippen molar-refractivity contribution in [2.45, 2.75) is 24.5 Å². The summed E-state index contributed by atoms with van der Waals surface area (Å²) in [6, 6.07) is 0. The Morgan fingerprint density at radius 2 is 2.40 bits per heavy atom. The van der Waals surface area contributed by atoms with E-state index in [2.05, 4.69) is 0 Å². The number of hydrogen-bond donors (Lipinski definition) is 1. The molecule has 2 aliphatic rings. The van der Waals surface area contributed by atoms with E-state index in [1.54, 1.807) is 0 Å². The summed E-state index contributed by atoms with van der Waals surface area (Å²) < 4.78 is 10.1. The zero-order valence-electron chi connectivity index (χ0n) is 5.88. The molecule has 10 heavy (non-hydrogen) atoms. The van der Waals surface area contributed by atoms with Gasteiger partial charge in [-0.15, -0.1) is 0 Å². The fraction of sp³-hybridized carbons (Fsp3) is 1.00. The van der Waals surface area contributed by atoms with Crippen molar-refractivity contribution in [2.24, 2.45) is 0 Å². The lowest BCUT2D eigenvalue weighted by Gasteiger charge is -2.17. The highest BCUT2D eigenvalue weighted by atomic mass is 16.6.